The lowest BCUT2D eigenvalue weighted by molar-refractivity contribution is 0.442. The molecular formula is C10H9ClFN3O. The van der Waals surface area contributed by atoms with Crippen molar-refractivity contribution >= 4 is 11.6 Å². The van der Waals surface area contributed by atoms with Crippen LogP contribution in [0, 0.1) is 0 Å². The van der Waals surface area contributed by atoms with Crippen LogP contribution in [0.15, 0.2) is 29.1 Å². The molecule has 0 aliphatic heterocycles. The largest absolute Gasteiger partial charge is 0.343 e. The number of aromatic amines is 1. The molecule has 0 aliphatic rings. The van der Waals surface area contributed by atoms with Gasteiger partial charge in [0, 0.05) is 10.6 Å². The highest BCUT2D eigenvalue weighted by Crippen LogP contribution is 2.18. The highest BCUT2D eigenvalue weighted by molar-refractivity contribution is 6.30. The summed E-state index contributed by atoms with van der Waals surface area (Å²) in [7, 11) is 0. The van der Waals surface area contributed by atoms with Gasteiger partial charge >= 0.3 is 5.69 Å². The molecule has 0 unspecified atom stereocenters. The predicted molar refractivity (Wildman–Crippen MR) is 59.3 cm³/mol. The standard InChI is InChI=1S/C10H9ClFN3O/c11-8-3-1-7(2-4-8)9-13-14-10(16)15(9)6-5-12/h1-4H,5-6H2,(H,14,16). The van der Waals surface area contributed by atoms with Gasteiger partial charge in [0.15, 0.2) is 5.82 Å². The molecule has 0 amide bonds. The molecule has 0 saturated heterocycles. The Morgan fingerprint density at radius 1 is 1.38 bits per heavy atom. The lowest BCUT2D eigenvalue weighted by Gasteiger charge is -2.02. The smallest absolute Gasteiger partial charge is 0.272 e. The molecule has 0 radical (unpaired) electrons. The average Bonchev–Trinajstić information content (AvgIpc) is 2.63. The fourth-order valence-corrected chi connectivity index (χ4v) is 1.55. The van der Waals surface area contributed by atoms with Crippen LogP contribution in [0.5, 0.6) is 0 Å². The number of aromatic nitrogens is 3. The molecule has 0 fully saturated rings. The van der Waals surface area contributed by atoms with Crippen molar-refractivity contribution in [3.05, 3.63) is 39.8 Å². The van der Waals surface area contributed by atoms with Gasteiger partial charge in [0.2, 0.25) is 0 Å². The van der Waals surface area contributed by atoms with Crippen LogP contribution in [0.4, 0.5) is 4.39 Å². The minimum absolute atomic E-state index is 0.00665. The van der Waals surface area contributed by atoms with Gasteiger partial charge in [-0.25, -0.2) is 14.3 Å². The molecule has 1 aromatic heterocycles. The number of halogens is 2. The predicted octanol–water partition coefficient (Wildman–Crippen LogP) is 1.86. The zero-order chi connectivity index (χ0) is 11.5. The van der Waals surface area contributed by atoms with Crippen molar-refractivity contribution in [3.63, 3.8) is 0 Å². The fraction of sp³-hybridized carbons (Fsp3) is 0.200. The van der Waals surface area contributed by atoms with Gasteiger partial charge in [-0.2, -0.15) is 5.10 Å². The van der Waals surface area contributed by atoms with Crippen LogP contribution in [0.3, 0.4) is 0 Å². The number of benzene rings is 1. The van der Waals surface area contributed by atoms with E-state index < -0.39 is 12.4 Å². The van der Waals surface area contributed by atoms with Gasteiger partial charge in [-0.15, -0.1) is 0 Å². The summed E-state index contributed by atoms with van der Waals surface area (Å²) in [5, 5.41) is 6.74. The van der Waals surface area contributed by atoms with Gasteiger partial charge in [0.25, 0.3) is 0 Å². The molecule has 2 rings (SSSR count). The van der Waals surface area contributed by atoms with Gasteiger partial charge < -0.3 is 0 Å². The van der Waals surface area contributed by atoms with E-state index in [1.54, 1.807) is 24.3 Å². The van der Waals surface area contributed by atoms with Gasteiger partial charge in [0.05, 0.1) is 6.54 Å². The van der Waals surface area contributed by atoms with Gasteiger partial charge in [-0.05, 0) is 24.3 Å². The summed E-state index contributed by atoms with van der Waals surface area (Å²) in [6.07, 6.45) is 0. The van der Waals surface area contributed by atoms with E-state index in [0.29, 0.717) is 10.8 Å². The van der Waals surface area contributed by atoms with Crippen molar-refractivity contribution in [2.75, 3.05) is 6.67 Å². The van der Waals surface area contributed by atoms with E-state index in [0.717, 1.165) is 5.56 Å². The summed E-state index contributed by atoms with van der Waals surface area (Å²) < 4.78 is 13.5. The van der Waals surface area contributed by atoms with Gasteiger partial charge in [0.1, 0.15) is 6.67 Å². The Labute approximate surface area is 95.7 Å². The quantitative estimate of drug-likeness (QED) is 0.892. The van der Waals surface area contributed by atoms with Crippen LogP contribution in [0.2, 0.25) is 5.02 Å². The number of H-pyrrole nitrogens is 1. The van der Waals surface area contributed by atoms with Gasteiger partial charge in [-0.1, -0.05) is 11.6 Å². The van der Waals surface area contributed by atoms with Crippen molar-refractivity contribution < 1.29 is 4.39 Å². The first-order valence-electron chi connectivity index (χ1n) is 4.69. The van der Waals surface area contributed by atoms with Crippen LogP contribution >= 0.6 is 11.6 Å². The third kappa shape index (κ3) is 1.99. The Morgan fingerprint density at radius 3 is 2.69 bits per heavy atom. The molecule has 1 aromatic carbocycles. The second-order valence-electron chi connectivity index (χ2n) is 3.20. The van der Waals surface area contributed by atoms with E-state index in [4.69, 9.17) is 11.6 Å². The summed E-state index contributed by atoms with van der Waals surface area (Å²) in [6.45, 7) is -0.618. The number of hydrogen-bond donors (Lipinski definition) is 1. The van der Waals surface area contributed by atoms with Crippen LogP contribution in [-0.4, -0.2) is 21.4 Å². The topological polar surface area (TPSA) is 50.7 Å². The minimum atomic E-state index is -0.611. The number of rotatable bonds is 3. The molecule has 0 bridgehead atoms. The Bertz CT molecular complexity index is 532. The number of nitrogens with one attached hydrogen (secondary N) is 1. The summed E-state index contributed by atoms with van der Waals surface area (Å²) in [5.74, 6) is 0.416. The summed E-state index contributed by atoms with van der Waals surface area (Å²) >= 11 is 5.75. The van der Waals surface area contributed by atoms with E-state index in [2.05, 4.69) is 10.2 Å². The maximum Gasteiger partial charge on any atom is 0.343 e. The van der Waals surface area contributed by atoms with Crippen molar-refractivity contribution in [3.8, 4) is 11.4 Å². The second kappa shape index (κ2) is 4.49. The Morgan fingerprint density at radius 2 is 2.06 bits per heavy atom. The first-order chi connectivity index (χ1) is 7.72. The Hall–Kier alpha value is -1.62. The maximum absolute atomic E-state index is 12.3. The van der Waals surface area contributed by atoms with Crippen LogP contribution in [0.1, 0.15) is 0 Å². The highest BCUT2D eigenvalue weighted by atomic mass is 35.5. The zero-order valence-electron chi connectivity index (χ0n) is 8.28. The van der Waals surface area contributed by atoms with Crippen molar-refractivity contribution in [1.29, 1.82) is 0 Å². The lowest BCUT2D eigenvalue weighted by atomic mass is 10.2. The molecule has 84 valence electrons. The molecule has 4 nitrogen and oxygen atoms in total. The Balaban J connectivity index is 2.47. The molecule has 1 N–H and O–H groups in total. The van der Waals surface area contributed by atoms with Crippen LogP contribution < -0.4 is 5.69 Å². The Kier molecular flexibility index (Phi) is 3.05. The molecule has 6 heteroatoms. The van der Waals surface area contributed by atoms with Crippen molar-refractivity contribution in [1.82, 2.24) is 14.8 Å². The van der Waals surface area contributed by atoms with E-state index in [-0.39, 0.29) is 6.54 Å². The van der Waals surface area contributed by atoms with Gasteiger partial charge in [-0.3, -0.25) is 4.57 Å². The fourth-order valence-electron chi connectivity index (χ4n) is 1.43. The molecule has 0 spiro atoms. The molecule has 0 atom stereocenters. The normalized spacial score (nSPS) is 10.6. The summed E-state index contributed by atoms with van der Waals surface area (Å²) in [5.41, 5.74) is 0.304. The molecule has 0 saturated carbocycles. The molecule has 2 aromatic rings. The maximum atomic E-state index is 12.3. The third-order valence-electron chi connectivity index (χ3n) is 2.17. The first-order valence-corrected chi connectivity index (χ1v) is 5.07. The van der Waals surface area contributed by atoms with E-state index >= 15 is 0 Å². The molecular weight excluding hydrogens is 233 g/mol. The van der Waals surface area contributed by atoms with E-state index in [1.807, 2.05) is 0 Å². The third-order valence-corrected chi connectivity index (χ3v) is 2.42. The first kappa shape index (κ1) is 10.9. The number of alkyl halides is 1. The lowest BCUT2D eigenvalue weighted by Crippen LogP contribution is -2.18. The molecule has 1 heterocycles. The van der Waals surface area contributed by atoms with Crippen molar-refractivity contribution in [2.24, 2.45) is 0 Å². The highest BCUT2D eigenvalue weighted by Gasteiger charge is 2.09. The van der Waals surface area contributed by atoms with Crippen molar-refractivity contribution in [2.45, 2.75) is 6.54 Å². The number of hydrogen-bond acceptors (Lipinski definition) is 2. The second-order valence-corrected chi connectivity index (χ2v) is 3.64. The van der Waals surface area contributed by atoms with E-state index in [9.17, 15) is 9.18 Å². The van der Waals surface area contributed by atoms with Crippen LogP contribution in [0.25, 0.3) is 11.4 Å². The summed E-state index contributed by atoms with van der Waals surface area (Å²) in [4.78, 5) is 11.3. The van der Waals surface area contributed by atoms with Crippen LogP contribution in [-0.2, 0) is 6.54 Å². The molecule has 16 heavy (non-hydrogen) atoms. The average molecular weight is 242 g/mol. The zero-order valence-corrected chi connectivity index (χ0v) is 9.04. The molecule has 0 aliphatic carbocycles. The summed E-state index contributed by atoms with van der Waals surface area (Å²) in [6, 6.07) is 6.84. The monoisotopic (exact) mass is 241 g/mol. The van der Waals surface area contributed by atoms with E-state index in [1.165, 1.54) is 4.57 Å². The SMILES string of the molecule is O=c1[nH]nc(-c2ccc(Cl)cc2)n1CCF. The number of nitrogens with zero attached hydrogens (tertiary/aromatic N) is 2. The minimum Gasteiger partial charge on any atom is -0.272 e.